The monoisotopic (exact) mass is 806 g/mol. The molecule has 2 aliphatic heterocycles. The zero-order valence-corrected chi connectivity index (χ0v) is 35.7. The number of unbranched alkanes of at least 4 members (excludes halogenated alkanes) is 3. The van der Waals surface area contributed by atoms with Crippen molar-refractivity contribution in [3.05, 3.63) is 0 Å². The molecule has 3 unspecified atom stereocenters. The van der Waals surface area contributed by atoms with Gasteiger partial charge in [-0.2, -0.15) is 0 Å². The first-order chi connectivity index (χ1) is 27.0. The molecule has 2 saturated heterocycles. The summed E-state index contributed by atoms with van der Waals surface area (Å²) >= 11 is 0. The molecule has 57 heavy (non-hydrogen) atoms. The average Bonchev–Trinajstić information content (AvgIpc) is 3.67. The minimum Gasteiger partial charge on any atom is -0.396 e. The maximum Gasteiger partial charge on any atom is 0.180 e. The van der Waals surface area contributed by atoms with Gasteiger partial charge in [-0.3, -0.25) is 15.1 Å². The van der Waals surface area contributed by atoms with Crippen molar-refractivity contribution in [2.45, 2.75) is 198 Å². The average molecular weight is 806 g/mol. The highest BCUT2D eigenvalue weighted by Crippen LogP contribution is 2.70. The van der Waals surface area contributed by atoms with E-state index in [-0.39, 0.29) is 67.4 Å². The Kier molecular flexibility index (Phi) is 14.4. The van der Waals surface area contributed by atoms with E-state index in [0.29, 0.717) is 51.0 Å². The second-order valence-electron chi connectivity index (χ2n) is 20.4. The predicted octanol–water partition coefficient (Wildman–Crippen LogP) is 3.62. The molecule has 0 aromatic carbocycles. The summed E-state index contributed by atoms with van der Waals surface area (Å²) in [5.41, 5.74) is 1.93. The summed E-state index contributed by atoms with van der Waals surface area (Å²) in [6.45, 7) is 10.3. The molecule has 12 heteroatoms. The van der Waals surface area contributed by atoms with E-state index in [1.165, 1.54) is 19.3 Å². The highest BCUT2D eigenvalue weighted by Gasteiger charge is 2.74. The third-order valence-electron chi connectivity index (χ3n) is 17.1. The Bertz CT molecular complexity index is 1400. The van der Waals surface area contributed by atoms with Crippen LogP contribution in [0.4, 0.5) is 0 Å². The number of aliphatic hydroxyl groups is 7. The van der Waals surface area contributed by atoms with E-state index in [1.54, 1.807) is 13.8 Å². The fraction of sp³-hybridized carbons (Fsp3) is 0.956. The molecule has 0 aromatic heterocycles. The van der Waals surface area contributed by atoms with Crippen molar-refractivity contribution in [1.82, 2.24) is 5.32 Å². The van der Waals surface area contributed by atoms with Crippen molar-refractivity contribution >= 4 is 11.5 Å². The maximum absolute atomic E-state index is 15.1. The molecule has 0 radical (unpaired) electrons. The van der Waals surface area contributed by atoms with Gasteiger partial charge in [-0.1, -0.05) is 46.5 Å². The summed E-state index contributed by atoms with van der Waals surface area (Å²) in [7, 11) is 0. The first-order valence-electron chi connectivity index (χ1n) is 23.0. The second kappa shape index (κ2) is 18.1. The lowest BCUT2D eigenvalue weighted by Crippen LogP contribution is -2.70. The molecular weight excluding hydrogens is 727 g/mol. The molecule has 0 aromatic rings. The van der Waals surface area contributed by atoms with Gasteiger partial charge in [0.05, 0.1) is 60.6 Å². The Balaban J connectivity index is 1.33. The van der Waals surface area contributed by atoms with Crippen LogP contribution in [-0.4, -0.2) is 121 Å². The Morgan fingerprint density at radius 2 is 1.77 bits per heavy atom. The molecule has 6 rings (SSSR count). The molecule has 0 bridgehead atoms. The number of fused-ring (bicyclic) bond motifs is 5. The van der Waals surface area contributed by atoms with Crippen molar-refractivity contribution in [2.24, 2.45) is 63.0 Å². The van der Waals surface area contributed by atoms with Crippen LogP contribution in [-0.2, 0) is 9.53 Å². The van der Waals surface area contributed by atoms with Crippen molar-refractivity contribution < 1.29 is 45.3 Å². The molecule has 0 amide bonds. The van der Waals surface area contributed by atoms with Crippen molar-refractivity contribution in [2.75, 3.05) is 19.8 Å². The van der Waals surface area contributed by atoms with E-state index < -0.39 is 70.3 Å². The fourth-order valence-corrected chi connectivity index (χ4v) is 13.8. The minimum absolute atomic E-state index is 0.00109. The fourth-order valence-electron chi connectivity index (χ4n) is 13.8. The lowest BCUT2D eigenvalue weighted by atomic mass is 9.40. The molecule has 4 aliphatic carbocycles. The zero-order chi connectivity index (χ0) is 41.5. The van der Waals surface area contributed by atoms with Crippen LogP contribution in [0.15, 0.2) is 4.99 Å². The van der Waals surface area contributed by atoms with E-state index in [1.807, 2.05) is 6.92 Å². The van der Waals surface area contributed by atoms with Crippen LogP contribution in [0.25, 0.3) is 0 Å². The van der Waals surface area contributed by atoms with Crippen LogP contribution >= 0.6 is 0 Å². The van der Waals surface area contributed by atoms with E-state index in [9.17, 15) is 35.7 Å². The number of nitrogens with one attached hydrogen (secondary N) is 1. The highest BCUT2D eigenvalue weighted by molar-refractivity contribution is 6.42. The smallest absolute Gasteiger partial charge is 0.180 e. The van der Waals surface area contributed by atoms with Crippen LogP contribution in [0, 0.1) is 52.3 Å². The number of ketones is 1. The number of aliphatic hydroxyl groups excluding tert-OH is 5. The summed E-state index contributed by atoms with van der Waals surface area (Å²) in [6, 6.07) is 0.110. The van der Waals surface area contributed by atoms with Crippen LogP contribution in [0.2, 0.25) is 0 Å². The Morgan fingerprint density at radius 3 is 2.47 bits per heavy atom. The summed E-state index contributed by atoms with van der Waals surface area (Å²) in [6.07, 6.45) is 7.78. The molecular formula is C45H79N3O9. The molecule has 6 fully saturated rings. The number of piperidine rings is 1. The van der Waals surface area contributed by atoms with Gasteiger partial charge < -0.3 is 46.2 Å². The molecule has 328 valence electrons. The van der Waals surface area contributed by atoms with Crippen LogP contribution in [0.1, 0.15) is 144 Å². The SMILES string of the molecule is CCCCCC[C@H]1CO[C@@H]([C@@H](O)[C@](C)(O)[C@@H]2CC[C@]3(O)[C@@H]4C(=NC[C@H](C)O)C(=O)[C@H]5C[C@@H](O)[C@@H](O)C[C@]5(CCC5CCC(N)NC5CCCO)[C@@H]4CC[C@]23C)[C@H]1C. The standard InChI is InChI=1S/C45H79N3O9/c1-6-7-8-9-11-29-25-57-40(27(29)3)41(54)43(5,55)35-17-20-45(56)37-30(16-18-42(35,45)4)44(19-15-28-13-14-36(46)48-32(28)12-10-21-49)23-34(52)33(51)22-31(44)39(53)38(37)47-24-26(2)50/h26-37,40-41,48-52,54-56H,6-25,46H2,1-5H3/t26-,27-,28?,29-,30+,31+,32?,33+,34-,35+,36?,37-,40+,41+,42+,43+,44+,45-/m0/s1. The molecule has 6 aliphatic rings. The van der Waals surface area contributed by atoms with E-state index >= 15 is 4.79 Å². The Hall–Kier alpha value is -1.06. The molecule has 4 saturated carbocycles. The lowest BCUT2D eigenvalue weighted by molar-refractivity contribution is -0.224. The van der Waals surface area contributed by atoms with E-state index in [2.05, 4.69) is 19.2 Å². The predicted molar refractivity (Wildman–Crippen MR) is 219 cm³/mol. The minimum atomic E-state index is -1.60. The van der Waals surface area contributed by atoms with Gasteiger partial charge in [-0.15, -0.1) is 0 Å². The lowest BCUT2D eigenvalue weighted by Gasteiger charge is -2.65. The third-order valence-corrected chi connectivity index (χ3v) is 17.1. The van der Waals surface area contributed by atoms with Crippen molar-refractivity contribution in [3.8, 4) is 0 Å². The normalized spacial score (nSPS) is 46.3. The summed E-state index contributed by atoms with van der Waals surface area (Å²) in [5.74, 6) is -1.66. The van der Waals surface area contributed by atoms with Gasteiger partial charge in [-0.05, 0) is 132 Å². The summed E-state index contributed by atoms with van der Waals surface area (Å²) < 4.78 is 6.28. The largest absolute Gasteiger partial charge is 0.396 e. The van der Waals surface area contributed by atoms with E-state index in [0.717, 1.165) is 38.5 Å². The van der Waals surface area contributed by atoms with Gasteiger partial charge in [0, 0.05) is 29.9 Å². The Morgan fingerprint density at radius 1 is 1.02 bits per heavy atom. The van der Waals surface area contributed by atoms with Gasteiger partial charge >= 0.3 is 0 Å². The van der Waals surface area contributed by atoms with Gasteiger partial charge in [0.1, 0.15) is 6.10 Å². The maximum atomic E-state index is 15.1. The second-order valence-corrected chi connectivity index (χ2v) is 20.4. The molecule has 10 N–H and O–H groups in total. The Labute approximate surface area is 341 Å². The molecule has 12 nitrogen and oxygen atoms in total. The number of carbonyl (C=O) groups excluding carboxylic acids is 1. The molecule has 2 heterocycles. The first-order valence-corrected chi connectivity index (χ1v) is 23.0. The van der Waals surface area contributed by atoms with Gasteiger partial charge in [0.15, 0.2) is 5.78 Å². The number of Topliss-reactive ketones (excluding diaryl/α,β-unsaturated/α-hetero) is 1. The van der Waals surface area contributed by atoms with Gasteiger partial charge in [0.25, 0.3) is 0 Å². The number of carbonyl (C=O) groups is 1. The van der Waals surface area contributed by atoms with Gasteiger partial charge in [-0.25, -0.2) is 0 Å². The number of aliphatic imine (C=N–C) groups is 1. The van der Waals surface area contributed by atoms with Crippen molar-refractivity contribution in [3.63, 3.8) is 0 Å². The number of ether oxygens (including phenoxy) is 1. The summed E-state index contributed by atoms with van der Waals surface area (Å²) in [4.78, 5) is 19.9. The molecule has 18 atom stereocenters. The van der Waals surface area contributed by atoms with Crippen LogP contribution in [0.3, 0.4) is 0 Å². The highest BCUT2D eigenvalue weighted by atomic mass is 16.5. The topological polar surface area (TPSA) is 218 Å². The van der Waals surface area contributed by atoms with Crippen LogP contribution in [0.5, 0.6) is 0 Å². The quantitative estimate of drug-likeness (QED) is 0.103. The number of rotatable bonds is 16. The zero-order valence-electron chi connectivity index (χ0n) is 35.7. The number of nitrogens with zero attached hydrogens (tertiary/aromatic N) is 1. The van der Waals surface area contributed by atoms with Crippen LogP contribution < -0.4 is 11.1 Å². The van der Waals surface area contributed by atoms with Crippen molar-refractivity contribution in [1.29, 1.82) is 0 Å². The first kappa shape index (κ1) is 45.5. The van der Waals surface area contributed by atoms with Gasteiger partial charge in [0.2, 0.25) is 0 Å². The summed E-state index contributed by atoms with van der Waals surface area (Å²) in [5, 5.41) is 84.3. The third kappa shape index (κ3) is 8.33. The van der Waals surface area contributed by atoms with E-state index in [4.69, 9.17) is 15.5 Å². The number of hydrogen-bond donors (Lipinski definition) is 9. The molecule has 0 spiro atoms. The number of hydrogen-bond acceptors (Lipinski definition) is 12. The number of nitrogens with two attached hydrogens (primary N) is 1.